The first-order valence-corrected chi connectivity index (χ1v) is 8.74. The highest BCUT2D eigenvalue weighted by Gasteiger charge is 2.22. The van der Waals surface area contributed by atoms with Crippen LogP contribution in [0, 0.1) is 0 Å². The summed E-state index contributed by atoms with van der Waals surface area (Å²) in [6.07, 6.45) is 2.24. The van der Waals surface area contributed by atoms with Crippen molar-refractivity contribution < 1.29 is 4.79 Å². The molecule has 0 saturated heterocycles. The molecule has 1 atom stereocenters. The van der Waals surface area contributed by atoms with Crippen LogP contribution in [0.2, 0.25) is 0 Å². The molecule has 2 aromatic carbocycles. The van der Waals surface area contributed by atoms with Crippen molar-refractivity contribution in [1.82, 2.24) is 10.2 Å². The van der Waals surface area contributed by atoms with E-state index in [1.54, 1.807) is 0 Å². The van der Waals surface area contributed by atoms with Gasteiger partial charge in [-0.05, 0) is 38.1 Å². The zero-order valence-corrected chi connectivity index (χ0v) is 14.9. The standard InChI is InChI=1S/C21H28N2O/c1-4-5-16-23(3)17(2)21(24)22-20(18-12-8-6-9-13-18)19-14-10-7-11-15-19/h6-15,17,20H,4-5,16H2,1-3H3,(H,22,24). The van der Waals surface area contributed by atoms with Gasteiger partial charge < -0.3 is 5.32 Å². The first kappa shape index (κ1) is 18.2. The van der Waals surface area contributed by atoms with Crippen LogP contribution in [0.25, 0.3) is 0 Å². The Kier molecular flexibility index (Phi) is 7.01. The highest BCUT2D eigenvalue weighted by atomic mass is 16.2. The van der Waals surface area contributed by atoms with Crippen molar-refractivity contribution in [2.24, 2.45) is 0 Å². The number of hydrogen-bond acceptors (Lipinski definition) is 2. The quantitative estimate of drug-likeness (QED) is 0.795. The number of likely N-dealkylation sites (N-methyl/N-ethyl adjacent to an activating group) is 1. The average molecular weight is 324 g/mol. The van der Waals surface area contributed by atoms with E-state index in [0.717, 1.165) is 30.5 Å². The fraction of sp³-hybridized carbons (Fsp3) is 0.381. The van der Waals surface area contributed by atoms with Crippen molar-refractivity contribution in [3.05, 3.63) is 71.8 Å². The van der Waals surface area contributed by atoms with E-state index in [-0.39, 0.29) is 18.0 Å². The lowest BCUT2D eigenvalue weighted by Crippen LogP contribution is -2.45. The monoisotopic (exact) mass is 324 g/mol. The summed E-state index contributed by atoms with van der Waals surface area (Å²) in [5.41, 5.74) is 2.20. The zero-order chi connectivity index (χ0) is 17.4. The predicted molar refractivity (Wildman–Crippen MR) is 99.9 cm³/mol. The third-order valence-corrected chi connectivity index (χ3v) is 4.46. The van der Waals surface area contributed by atoms with E-state index < -0.39 is 0 Å². The normalized spacial score (nSPS) is 12.4. The molecule has 0 heterocycles. The molecule has 1 unspecified atom stereocenters. The van der Waals surface area contributed by atoms with Gasteiger partial charge in [-0.15, -0.1) is 0 Å². The minimum absolute atomic E-state index is 0.0614. The van der Waals surface area contributed by atoms with Crippen LogP contribution in [0.4, 0.5) is 0 Å². The van der Waals surface area contributed by atoms with Gasteiger partial charge in [0, 0.05) is 0 Å². The molecule has 128 valence electrons. The van der Waals surface area contributed by atoms with Crippen LogP contribution >= 0.6 is 0 Å². The van der Waals surface area contributed by atoms with Gasteiger partial charge in [-0.3, -0.25) is 9.69 Å². The molecule has 0 bridgehead atoms. The summed E-state index contributed by atoms with van der Waals surface area (Å²) >= 11 is 0. The van der Waals surface area contributed by atoms with E-state index >= 15 is 0 Å². The van der Waals surface area contributed by atoms with E-state index in [4.69, 9.17) is 0 Å². The number of unbranched alkanes of at least 4 members (excludes halogenated alkanes) is 1. The molecule has 24 heavy (non-hydrogen) atoms. The summed E-state index contributed by atoms with van der Waals surface area (Å²) in [4.78, 5) is 14.9. The molecule has 0 aliphatic carbocycles. The predicted octanol–water partition coefficient (Wildman–Crippen LogP) is 4.01. The number of carbonyl (C=O) groups is 1. The third-order valence-electron chi connectivity index (χ3n) is 4.46. The average Bonchev–Trinajstić information content (AvgIpc) is 2.64. The van der Waals surface area contributed by atoms with Gasteiger partial charge in [-0.1, -0.05) is 74.0 Å². The Bertz CT molecular complexity index is 573. The number of amides is 1. The Hall–Kier alpha value is -2.13. The second kappa shape index (κ2) is 9.24. The van der Waals surface area contributed by atoms with Crippen LogP contribution in [0.1, 0.15) is 43.9 Å². The Morgan fingerprint density at radius 1 is 1.00 bits per heavy atom. The van der Waals surface area contributed by atoms with Gasteiger partial charge in [0.15, 0.2) is 0 Å². The number of carbonyl (C=O) groups excluding carboxylic acids is 1. The maximum Gasteiger partial charge on any atom is 0.237 e. The minimum atomic E-state index is -0.147. The van der Waals surface area contributed by atoms with E-state index in [2.05, 4.69) is 41.4 Å². The number of nitrogens with one attached hydrogen (secondary N) is 1. The first-order valence-electron chi connectivity index (χ1n) is 8.74. The fourth-order valence-electron chi connectivity index (χ4n) is 2.71. The van der Waals surface area contributed by atoms with Gasteiger partial charge in [-0.2, -0.15) is 0 Å². The van der Waals surface area contributed by atoms with Gasteiger partial charge in [0.1, 0.15) is 0 Å². The van der Waals surface area contributed by atoms with Gasteiger partial charge in [0.2, 0.25) is 5.91 Å². The number of benzene rings is 2. The molecule has 0 saturated carbocycles. The Labute approximate surface area is 145 Å². The van der Waals surface area contributed by atoms with Crippen molar-refractivity contribution in [2.45, 2.75) is 38.8 Å². The van der Waals surface area contributed by atoms with Crippen molar-refractivity contribution in [3.63, 3.8) is 0 Å². The molecule has 0 aliphatic heterocycles. The lowest BCUT2D eigenvalue weighted by atomic mass is 9.98. The first-order chi connectivity index (χ1) is 11.6. The molecule has 1 N–H and O–H groups in total. The van der Waals surface area contributed by atoms with Crippen LogP contribution in [0.5, 0.6) is 0 Å². The smallest absolute Gasteiger partial charge is 0.237 e. The molecule has 2 rings (SSSR count). The minimum Gasteiger partial charge on any atom is -0.344 e. The number of nitrogens with zero attached hydrogens (tertiary/aromatic N) is 1. The molecule has 1 amide bonds. The summed E-state index contributed by atoms with van der Waals surface area (Å²) < 4.78 is 0. The zero-order valence-electron chi connectivity index (χ0n) is 14.9. The molecule has 0 radical (unpaired) electrons. The molecule has 0 spiro atoms. The van der Waals surface area contributed by atoms with Crippen molar-refractivity contribution in [1.29, 1.82) is 0 Å². The van der Waals surface area contributed by atoms with Gasteiger partial charge in [0.05, 0.1) is 12.1 Å². The molecule has 3 heteroatoms. The van der Waals surface area contributed by atoms with Crippen LogP contribution in [0.3, 0.4) is 0 Å². The second-order valence-corrected chi connectivity index (χ2v) is 6.27. The van der Waals surface area contributed by atoms with Gasteiger partial charge >= 0.3 is 0 Å². The Balaban J connectivity index is 2.15. The Morgan fingerprint density at radius 3 is 1.96 bits per heavy atom. The maximum atomic E-state index is 12.8. The van der Waals surface area contributed by atoms with Crippen LogP contribution in [0.15, 0.2) is 60.7 Å². The van der Waals surface area contributed by atoms with Crippen LogP contribution in [-0.4, -0.2) is 30.4 Å². The maximum absolute atomic E-state index is 12.8. The molecular weight excluding hydrogens is 296 g/mol. The largest absolute Gasteiger partial charge is 0.344 e. The fourth-order valence-corrected chi connectivity index (χ4v) is 2.71. The van der Waals surface area contributed by atoms with Crippen LogP contribution < -0.4 is 5.32 Å². The summed E-state index contributed by atoms with van der Waals surface area (Å²) in [6, 6.07) is 20.0. The number of hydrogen-bond donors (Lipinski definition) is 1. The molecule has 3 nitrogen and oxygen atoms in total. The summed E-state index contributed by atoms with van der Waals surface area (Å²) in [5, 5.41) is 3.23. The topological polar surface area (TPSA) is 32.3 Å². The lowest BCUT2D eigenvalue weighted by molar-refractivity contribution is -0.126. The Morgan fingerprint density at radius 2 is 1.50 bits per heavy atom. The van der Waals surface area contributed by atoms with Crippen molar-refractivity contribution in [2.75, 3.05) is 13.6 Å². The molecule has 0 fully saturated rings. The molecule has 2 aromatic rings. The van der Waals surface area contributed by atoms with E-state index in [0.29, 0.717) is 0 Å². The third kappa shape index (κ3) is 4.93. The lowest BCUT2D eigenvalue weighted by Gasteiger charge is -2.27. The van der Waals surface area contributed by atoms with E-state index in [1.165, 1.54) is 0 Å². The summed E-state index contributed by atoms with van der Waals surface area (Å²) in [5.74, 6) is 0.0614. The molecular formula is C21H28N2O. The van der Waals surface area contributed by atoms with E-state index in [9.17, 15) is 4.79 Å². The van der Waals surface area contributed by atoms with Crippen molar-refractivity contribution in [3.8, 4) is 0 Å². The van der Waals surface area contributed by atoms with Crippen LogP contribution in [-0.2, 0) is 4.79 Å². The highest BCUT2D eigenvalue weighted by Crippen LogP contribution is 2.22. The van der Waals surface area contributed by atoms with Gasteiger partial charge in [0.25, 0.3) is 0 Å². The molecule has 0 aliphatic rings. The summed E-state index contributed by atoms with van der Waals surface area (Å²) in [6.45, 7) is 5.07. The molecule has 0 aromatic heterocycles. The number of rotatable bonds is 8. The highest BCUT2D eigenvalue weighted by molar-refractivity contribution is 5.82. The second-order valence-electron chi connectivity index (χ2n) is 6.27. The SMILES string of the molecule is CCCCN(C)C(C)C(=O)NC(c1ccccc1)c1ccccc1. The van der Waals surface area contributed by atoms with E-state index in [1.807, 2.05) is 50.4 Å². The van der Waals surface area contributed by atoms with Gasteiger partial charge in [-0.25, -0.2) is 0 Å². The van der Waals surface area contributed by atoms with Crippen molar-refractivity contribution >= 4 is 5.91 Å². The summed E-state index contributed by atoms with van der Waals surface area (Å²) in [7, 11) is 2.01.